The van der Waals surface area contributed by atoms with Crippen molar-refractivity contribution < 1.29 is 14.5 Å². The Morgan fingerprint density at radius 1 is 1.24 bits per heavy atom. The molecule has 0 spiro atoms. The van der Waals surface area contributed by atoms with E-state index in [1.165, 1.54) is 40.1 Å². The molecule has 1 aliphatic rings. The van der Waals surface area contributed by atoms with Gasteiger partial charge in [0.15, 0.2) is 0 Å². The van der Waals surface area contributed by atoms with Crippen molar-refractivity contribution in [1.82, 2.24) is 9.80 Å². The summed E-state index contributed by atoms with van der Waals surface area (Å²) in [5.74, 6) is -0.675. The van der Waals surface area contributed by atoms with Crippen LogP contribution in [-0.2, 0) is 11.2 Å². The van der Waals surface area contributed by atoms with E-state index in [4.69, 9.17) is 11.6 Å². The Hall–Kier alpha value is -3.49. The zero-order valence-corrected chi connectivity index (χ0v) is 19.8. The number of nitro benzene ring substituents is 1. The number of nitro groups is 1. The zero-order chi connectivity index (χ0) is 24.2. The molecule has 2 amide bonds. The SMILES string of the molecule is C=CCN(CC(=O)N1CCc2sccc2C1c1ccc(Cl)cc1)C(=O)c1cccc([N+](=O)[O-])c1. The Balaban J connectivity index is 1.61. The van der Waals surface area contributed by atoms with Crippen LogP contribution >= 0.6 is 22.9 Å². The molecular weight excluding hydrogens is 474 g/mol. The van der Waals surface area contributed by atoms with Crippen molar-refractivity contribution in [2.75, 3.05) is 19.6 Å². The van der Waals surface area contributed by atoms with Crippen molar-refractivity contribution in [2.24, 2.45) is 0 Å². The van der Waals surface area contributed by atoms with Gasteiger partial charge in [-0.3, -0.25) is 19.7 Å². The lowest BCUT2D eigenvalue weighted by Gasteiger charge is -2.37. The molecule has 0 N–H and O–H groups in total. The normalized spacial score (nSPS) is 14.9. The van der Waals surface area contributed by atoms with Crippen molar-refractivity contribution >= 4 is 40.4 Å². The van der Waals surface area contributed by atoms with Crippen molar-refractivity contribution in [3.63, 3.8) is 0 Å². The minimum absolute atomic E-state index is 0.135. The molecule has 2 heterocycles. The van der Waals surface area contributed by atoms with Gasteiger partial charge in [-0.1, -0.05) is 35.9 Å². The summed E-state index contributed by atoms with van der Waals surface area (Å²) in [6.07, 6.45) is 2.27. The van der Waals surface area contributed by atoms with E-state index in [0.29, 0.717) is 11.6 Å². The van der Waals surface area contributed by atoms with Crippen LogP contribution in [0.4, 0.5) is 5.69 Å². The molecule has 9 heteroatoms. The monoisotopic (exact) mass is 495 g/mol. The maximum atomic E-state index is 13.5. The summed E-state index contributed by atoms with van der Waals surface area (Å²) in [5, 5.41) is 13.8. The van der Waals surface area contributed by atoms with Crippen LogP contribution in [0.15, 0.2) is 72.6 Å². The zero-order valence-electron chi connectivity index (χ0n) is 18.2. The average Bonchev–Trinajstić information content (AvgIpc) is 3.32. The van der Waals surface area contributed by atoms with Gasteiger partial charge >= 0.3 is 0 Å². The number of rotatable bonds is 7. The molecule has 1 aliphatic heterocycles. The second-order valence-corrected chi connectivity index (χ2v) is 9.31. The van der Waals surface area contributed by atoms with E-state index in [1.807, 2.05) is 23.6 Å². The molecule has 174 valence electrons. The van der Waals surface area contributed by atoms with Crippen LogP contribution in [0, 0.1) is 10.1 Å². The fourth-order valence-electron chi connectivity index (χ4n) is 4.15. The van der Waals surface area contributed by atoms with E-state index in [2.05, 4.69) is 6.58 Å². The molecule has 34 heavy (non-hydrogen) atoms. The predicted molar refractivity (Wildman–Crippen MR) is 132 cm³/mol. The molecule has 0 saturated carbocycles. The van der Waals surface area contributed by atoms with E-state index in [9.17, 15) is 19.7 Å². The van der Waals surface area contributed by atoms with Crippen molar-refractivity contribution in [3.8, 4) is 0 Å². The second kappa shape index (κ2) is 10.2. The number of benzene rings is 2. The maximum absolute atomic E-state index is 13.5. The van der Waals surface area contributed by atoms with Crippen molar-refractivity contribution in [2.45, 2.75) is 12.5 Å². The van der Waals surface area contributed by atoms with Crippen molar-refractivity contribution in [1.29, 1.82) is 0 Å². The summed E-state index contributed by atoms with van der Waals surface area (Å²) in [4.78, 5) is 41.6. The summed E-state index contributed by atoms with van der Waals surface area (Å²) in [7, 11) is 0. The topological polar surface area (TPSA) is 83.8 Å². The molecule has 2 aromatic carbocycles. The van der Waals surface area contributed by atoms with Crippen LogP contribution in [0.3, 0.4) is 0 Å². The van der Waals surface area contributed by atoms with Crippen LogP contribution in [0.5, 0.6) is 0 Å². The van der Waals surface area contributed by atoms with Crippen LogP contribution in [0.1, 0.15) is 32.4 Å². The van der Waals surface area contributed by atoms with E-state index in [0.717, 1.165) is 17.5 Å². The molecule has 1 unspecified atom stereocenters. The third-order valence-corrected chi connectivity index (χ3v) is 6.99. The van der Waals surface area contributed by atoms with Gasteiger partial charge in [-0.05, 0) is 47.2 Å². The predicted octanol–water partition coefficient (Wildman–Crippen LogP) is 5.11. The number of carbonyl (C=O) groups is 2. The molecule has 0 saturated heterocycles. The molecule has 0 bridgehead atoms. The summed E-state index contributed by atoms with van der Waals surface area (Å²) >= 11 is 7.75. The summed E-state index contributed by atoms with van der Waals surface area (Å²) < 4.78 is 0. The number of hydrogen-bond acceptors (Lipinski definition) is 5. The maximum Gasteiger partial charge on any atom is 0.270 e. The third kappa shape index (κ3) is 4.88. The van der Waals surface area contributed by atoms with Crippen LogP contribution in [-0.4, -0.2) is 46.2 Å². The minimum Gasteiger partial charge on any atom is -0.330 e. The molecule has 0 fully saturated rings. The highest BCUT2D eigenvalue weighted by molar-refractivity contribution is 7.10. The molecule has 1 aromatic heterocycles. The van der Waals surface area contributed by atoms with Gasteiger partial charge in [-0.15, -0.1) is 17.9 Å². The fourth-order valence-corrected chi connectivity index (χ4v) is 5.18. The Kier molecular flexibility index (Phi) is 7.09. The fraction of sp³-hybridized carbons (Fsp3) is 0.200. The number of amides is 2. The summed E-state index contributed by atoms with van der Waals surface area (Å²) in [6, 6.07) is 14.7. The molecular formula is C25H22ClN3O4S. The number of hydrogen-bond donors (Lipinski definition) is 0. The minimum atomic E-state index is -0.553. The number of non-ortho nitro benzene ring substituents is 1. The van der Waals surface area contributed by atoms with E-state index in [-0.39, 0.29) is 36.3 Å². The first-order valence-electron chi connectivity index (χ1n) is 10.6. The van der Waals surface area contributed by atoms with Gasteiger partial charge in [0.2, 0.25) is 5.91 Å². The molecule has 0 aliphatic carbocycles. The Bertz CT molecular complexity index is 1240. The van der Waals surface area contributed by atoms with Gasteiger partial charge in [-0.25, -0.2) is 0 Å². The number of fused-ring (bicyclic) bond motifs is 1. The first-order valence-corrected chi connectivity index (χ1v) is 11.9. The Morgan fingerprint density at radius 3 is 2.71 bits per heavy atom. The lowest BCUT2D eigenvalue weighted by atomic mass is 9.93. The smallest absolute Gasteiger partial charge is 0.270 e. The van der Waals surface area contributed by atoms with Crippen molar-refractivity contribution in [3.05, 3.63) is 109 Å². The molecule has 3 aromatic rings. The van der Waals surface area contributed by atoms with Gasteiger partial charge < -0.3 is 9.80 Å². The van der Waals surface area contributed by atoms with E-state index in [1.54, 1.807) is 28.4 Å². The van der Waals surface area contributed by atoms with Gasteiger partial charge in [0.1, 0.15) is 6.54 Å². The first kappa shape index (κ1) is 23.7. The van der Waals surface area contributed by atoms with Gasteiger partial charge in [0, 0.05) is 40.7 Å². The highest BCUT2D eigenvalue weighted by Crippen LogP contribution is 2.38. The summed E-state index contributed by atoms with van der Waals surface area (Å²) in [5.41, 5.74) is 1.99. The molecule has 1 atom stereocenters. The molecule has 4 rings (SSSR count). The van der Waals surface area contributed by atoms with Gasteiger partial charge in [0.25, 0.3) is 11.6 Å². The van der Waals surface area contributed by atoms with E-state index < -0.39 is 10.8 Å². The second-order valence-electron chi connectivity index (χ2n) is 7.87. The Morgan fingerprint density at radius 2 is 2.00 bits per heavy atom. The lowest BCUT2D eigenvalue weighted by molar-refractivity contribution is -0.384. The average molecular weight is 496 g/mol. The molecule has 0 radical (unpaired) electrons. The molecule has 7 nitrogen and oxygen atoms in total. The number of carbonyl (C=O) groups excluding carboxylic acids is 2. The lowest BCUT2D eigenvalue weighted by Crippen LogP contribution is -2.46. The quantitative estimate of drug-likeness (QED) is 0.259. The highest BCUT2D eigenvalue weighted by atomic mass is 35.5. The van der Waals surface area contributed by atoms with Gasteiger partial charge in [0.05, 0.1) is 11.0 Å². The van der Waals surface area contributed by atoms with Crippen LogP contribution < -0.4 is 0 Å². The first-order chi connectivity index (χ1) is 16.4. The van der Waals surface area contributed by atoms with Crippen LogP contribution in [0.25, 0.3) is 0 Å². The number of halogens is 1. The largest absolute Gasteiger partial charge is 0.330 e. The standard InChI is InChI=1S/C25H22ClN3O4S/c1-2-12-27(25(31)18-4-3-5-20(15-18)29(32)33)16-23(30)28-13-10-22-21(11-14-34-22)24(28)17-6-8-19(26)9-7-17/h2-9,11,14-15,24H,1,10,12-13,16H2. The Labute approximate surface area is 206 Å². The highest BCUT2D eigenvalue weighted by Gasteiger charge is 2.34. The number of thiophene rings is 1. The van der Waals surface area contributed by atoms with Gasteiger partial charge in [-0.2, -0.15) is 0 Å². The number of nitrogens with zero attached hydrogens (tertiary/aromatic N) is 3. The third-order valence-electron chi connectivity index (χ3n) is 5.74. The summed E-state index contributed by atoms with van der Waals surface area (Å²) in [6.45, 7) is 4.18. The van der Waals surface area contributed by atoms with Crippen LogP contribution in [0.2, 0.25) is 5.02 Å². The van der Waals surface area contributed by atoms with E-state index >= 15 is 0 Å².